The van der Waals surface area contributed by atoms with E-state index in [1.807, 2.05) is 35.2 Å². The molecular weight excluding hydrogens is 426 g/mol. The summed E-state index contributed by atoms with van der Waals surface area (Å²) in [6.45, 7) is 3.40. The van der Waals surface area contributed by atoms with Gasteiger partial charge in [0.2, 0.25) is 0 Å². The van der Waals surface area contributed by atoms with Gasteiger partial charge in [-0.2, -0.15) is 0 Å². The maximum atomic E-state index is 11.6. The van der Waals surface area contributed by atoms with Gasteiger partial charge in [-0.05, 0) is 55.1 Å². The molecule has 3 aliphatic rings. The molecule has 3 heterocycles. The maximum Gasteiger partial charge on any atom is 0.320 e. The van der Waals surface area contributed by atoms with Crippen LogP contribution in [0.5, 0.6) is 0 Å². The summed E-state index contributed by atoms with van der Waals surface area (Å²) in [5.74, 6) is 0.0106. The fourth-order valence-corrected chi connectivity index (χ4v) is 4.91. The first-order valence-electron chi connectivity index (χ1n) is 11.8. The average Bonchev–Trinajstić information content (AvgIpc) is 2.86. The van der Waals surface area contributed by atoms with E-state index in [0.29, 0.717) is 13.0 Å². The SMILES string of the molecule is Cc1c(NC2=NC=CC3N=C(CN4CCCC[C@H]4C(=O)O)C=NC23)cccc1-c1ccccc1. The van der Waals surface area contributed by atoms with E-state index in [1.54, 1.807) is 12.4 Å². The van der Waals surface area contributed by atoms with E-state index in [2.05, 4.69) is 41.5 Å². The number of nitrogens with one attached hydrogen (secondary N) is 1. The molecule has 0 aliphatic carbocycles. The topological polar surface area (TPSA) is 89.7 Å². The number of hydrogen-bond donors (Lipinski definition) is 2. The Bertz CT molecular complexity index is 1180. The number of carboxylic acid groups (broad SMARTS) is 1. The van der Waals surface area contributed by atoms with Gasteiger partial charge < -0.3 is 10.4 Å². The van der Waals surface area contributed by atoms with E-state index >= 15 is 0 Å². The molecule has 0 spiro atoms. The monoisotopic (exact) mass is 455 g/mol. The summed E-state index contributed by atoms with van der Waals surface area (Å²) in [5.41, 5.74) is 5.32. The zero-order chi connectivity index (χ0) is 23.5. The highest BCUT2D eigenvalue weighted by Crippen LogP contribution is 2.29. The van der Waals surface area contributed by atoms with Crippen molar-refractivity contribution in [1.29, 1.82) is 0 Å². The molecule has 0 saturated carbocycles. The van der Waals surface area contributed by atoms with E-state index in [9.17, 15) is 9.90 Å². The highest BCUT2D eigenvalue weighted by molar-refractivity contribution is 6.32. The number of anilines is 1. The van der Waals surface area contributed by atoms with Crippen LogP contribution in [-0.2, 0) is 4.79 Å². The van der Waals surface area contributed by atoms with Crippen molar-refractivity contribution in [2.45, 2.75) is 44.3 Å². The van der Waals surface area contributed by atoms with E-state index in [4.69, 9.17) is 9.98 Å². The molecule has 5 rings (SSSR count). The Morgan fingerprint density at radius 1 is 1.15 bits per heavy atom. The molecule has 0 amide bonds. The number of likely N-dealkylation sites (tertiary alicyclic amines) is 1. The van der Waals surface area contributed by atoms with E-state index < -0.39 is 12.0 Å². The highest BCUT2D eigenvalue weighted by atomic mass is 16.4. The number of rotatable bonds is 5. The third-order valence-electron chi connectivity index (χ3n) is 6.74. The third kappa shape index (κ3) is 4.56. The summed E-state index contributed by atoms with van der Waals surface area (Å²) in [7, 11) is 0. The highest BCUT2D eigenvalue weighted by Gasteiger charge is 2.32. The molecule has 1 fully saturated rings. The molecule has 34 heavy (non-hydrogen) atoms. The summed E-state index contributed by atoms with van der Waals surface area (Å²) < 4.78 is 0. The number of carbonyl (C=O) groups is 1. The Hall–Kier alpha value is -3.58. The first-order valence-corrected chi connectivity index (χ1v) is 11.8. The summed E-state index contributed by atoms with van der Waals surface area (Å²) >= 11 is 0. The Morgan fingerprint density at radius 3 is 2.82 bits per heavy atom. The molecule has 7 heteroatoms. The van der Waals surface area contributed by atoms with Gasteiger partial charge in [-0.25, -0.2) is 4.99 Å². The number of carboxylic acids is 1. The lowest BCUT2D eigenvalue weighted by molar-refractivity contribution is -0.144. The van der Waals surface area contributed by atoms with Gasteiger partial charge >= 0.3 is 5.97 Å². The summed E-state index contributed by atoms with van der Waals surface area (Å²) in [6, 6.07) is 15.8. The van der Waals surface area contributed by atoms with Crippen LogP contribution >= 0.6 is 0 Å². The van der Waals surface area contributed by atoms with Gasteiger partial charge in [0.25, 0.3) is 0 Å². The van der Waals surface area contributed by atoms with Gasteiger partial charge in [0.1, 0.15) is 17.9 Å². The Morgan fingerprint density at radius 2 is 2.00 bits per heavy atom. The number of aliphatic carboxylic acids is 1. The third-order valence-corrected chi connectivity index (χ3v) is 6.74. The zero-order valence-electron chi connectivity index (χ0n) is 19.3. The largest absolute Gasteiger partial charge is 0.480 e. The average molecular weight is 456 g/mol. The Labute approximate surface area is 199 Å². The molecule has 2 aromatic carbocycles. The van der Waals surface area contributed by atoms with Crippen LogP contribution in [-0.4, -0.2) is 65.0 Å². The molecule has 174 valence electrons. The number of hydrogen-bond acceptors (Lipinski definition) is 6. The molecule has 7 nitrogen and oxygen atoms in total. The van der Waals surface area contributed by atoms with E-state index in [-0.39, 0.29) is 12.1 Å². The summed E-state index contributed by atoms with van der Waals surface area (Å²) in [4.78, 5) is 27.9. The van der Waals surface area contributed by atoms with Crippen LogP contribution in [0.15, 0.2) is 75.8 Å². The number of fused-ring (bicyclic) bond motifs is 1. The lowest BCUT2D eigenvalue weighted by Gasteiger charge is -2.34. The van der Waals surface area contributed by atoms with Crippen LogP contribution in [0.4, 0.5) is 5.69 Å². The zero-order valence-corrected chi connectivity index (χ0v) is 19.3. The van der Waals surface area contributed by atoms with Gasteiger partial charge in [-0.15, -0.1) is 0 Å². The van der Waals surface area contributed by atoms with Crippen LogP contribution in [0.3, 0.4) is 0 Å². The molecule has 3 atom stereocenters. The van der Waals surface area contributed by atoms with Crippen molar-refractivity contribution < 1.29 is 9.90 Å². The quantitative estimate of drug-likeness (QED) is 0.707. The van der Waals surface area contributed by atoms with Crippen molar-refractivity contribution in [2.75, 3.05) is 18.4 Å². The molecule has 2 aromatic rings. The number of piperidine rings is 1. The van der Waals surface area contributed by atoms with Gasteiger partial charge in [-0.3, -0.25) is 19.7 Å². The van der Waals surface area contributed by atoms with Crippen molar-refractivity contribution in [3.05, 3.63) is 66.4 Å². The van der Waals surface area contributed by atoms with Crippen LogP contribution in [0.25, 0.3) is 11.1 Å². The summed E-state index contributed by atoms with van der Waals surface area (Å²) in [5, 5.41) is 13.1. The van der Waals surface area contributed by atoms with Crippen molar-refractivity contribution in [3.63, 3.8) is 0 Å². The Kier molecular flexibility index (Phi) is 6.36. The van der Waals surface area contributed by atoms with Gasteiger partial charge in [-0.1, -0.05) is 48.9 Å². The normalized spacial score (nSPS) is 24.2. The van der Waals surface area contributed by atoms with Crippen molar-refractivity contribution in [2.24, 2.45) is 15.0 Å². The van der Waals surface area contributed by atoms with Gasteiger partial charge in [0.05, 0.1) is 11.8 Å². The van der Waals surface area contributed by atoms with E-state index in [0.717, 1.165) is 42.2 Å². The molecule has 2 unspecified atom stereocenters. The molecular formula is C27H29N5O2. The molecule has 3 aliphatic heterocycles. The van der Waals surface area contributed by atoms with Crippen molar-refractivity contribution in [3.8, 4) is 11.1 Å². The molecule has 2 N–H and O–H groups in total. The number of nitrogens with zero attached hydrogens (tertiary/aromatic N) is 4. The fourth-order valence-electron chi connectivity index (χ4n) is 4.91. The molecule has 0 radical (unpaired) electrons. The van der Waals surface area contributed by atoms with Crippen LogP contribution in [0.1, 0.15) is 24.8 Å². The lowest BCUT2D eigenvalue weighted by atomic mass is 9.98. The lowest BCUT2D eigenvalue weighted by Crippen LogP contribution is -2.48. The minimum Gasteiger partial charge on any atom is -0.480 e. The van der Waals surface area contributed by atoms with Crippen molar-refractivity contribution in [1.82, 2.24) is 4.90 Å². The molecule has 0 aromatic heterocycles. The van der Waals surface area contributed by atoms with Crippen LogP contribution in [0, 0.1) is 6.92 Å². The maximum absolute atomic E-state index is 11.6. The van der Waals surface area contributed by atoms with Crippen LogP contribution in [0.2, 0.25) is 0 Å². The minimum absolute atomic E-state index is 0.148. The second-order valence-corrected chi connectivity index (χ2v) is 8.98. The van der Waals surface area contributed by atoms with Crippen LogP contribution < -0.4 is 5.32 Å². The van der Waals surface area contributed by atoms with Crippen molar-refractivity contribution >= 4 is 29.4 Å². The minimum atomic E-state index is -0.754. The first kappa shape index (κ1) is 22.2. The smallest absolute Gasteiger partial charge is 0.320 e. The number of aliphatic imine (C=N–C) groups is 3. The molecule has 1 saturated heterocycles. The standard InChI is InChI=1S/C27H29N5O2/c1-18-21(19-8-3-2-4-9-19)10-7-11-22(18)31-26-25-23(13-14-28-26)30-20(16-29-25)17-32-15-6-5-12-24(32)27(33)34/h2-4,7-11,13-14,16,23-25H,5-6,12,15,17H2,1H3,(H,28,31)(H,33,34)/t23?,24-,25?/m0/s1. The fraction of sp³-hybridized carbons (Fsp3) is 0.333. The van der Waals surface area contributed by atoms with Gasteiger partial charge in [0, 0.05) is 24.6 Å². The van der Waals surface area contributed by atoms with Gasteiger partial charge in [0.15, 0.2) is 0 Å². The van der Waals surface area contributed by atoms with E-state index in [1.165, 1.54) is 11.1 Å². The number of benzene rings is 2. The number of amidine groups is 1. The second kappa shape index (κ2) is 9.73. The molecule has 0 bridgehead atoms. The Balaban J connectivity index is 1.31. The summed E-state index contributed by atoms with van der Waals surface area (Å²) in [6.07, 6.45) is 8.19. The second-order valence-electron chi connectivity index (χ2n) is 8.98. The first-order chi connectivity index (χ1) is 16.6. The predicted octanol–water partition coefficient (Wildman–Crippen LogP) is 4.20. The predicted molar refractivity (Wildman–Crippen MR) is 137 cm³/mol.